The van der Waals surface area contributed by atoms with Crippen molar-refractivity contribution in [3.8, 4) is 5.69 Å². The van der Waals surface area contributed by atoms with E-state index < -0.39 is 11.4 Å². The molecule has 0 amide bonds. The first-order valence-electron chi connectivity index (χ1n) is 4.65. The van der Waals surface area contributed by atoms with E-state index in [4.69, 9.17) is 11.6 Å². The van der Waals surface area contributed by atoms with E-state index in [0.717, 1.165) is 4.57 Å². The number of nitrogens with zero attached hydrogens (tertiary/aromatic N) is 2. The quantitative estimate of drug-likeness (QED) is 0.660. The number of H-pyrrole nitrogens is 1. The maximum atomic E-state index is 11.7. The molecule has 8 heteroatoms. The fourth-order valence-electron chi connectivity index (χ4n) is 1.31. The molecule has 5 nitrogen and oxygen atoms in total. The summed E-state index contributed by atoms with van der Waals surface area (Å²) in [6.45, 7) is 0. The molecular formula is C10H8ClN3NaO2S. The molecule has 0 aliphatic carbocycles. The monoisotopic (exact) mass is 292 g/mol. The molecule has 0 spiro atoms. The van der Waals surface area contributed by atoms with Crippen LogP contribution in [-0.4, -0.2) is 50.3 Å². The second kappa shape index (κ2) is 6.58. The maximum absolute atomic E-state index is 11.7. The van der Waals surface area contributed by atoms with Gasteiger partial charge in [0.1, 0.15) is 0 Å². The molecule has 0 unspecified atom stereocenters. The first-order chi connectivity index (χ1) is 8.11. The molecular weight excluding hydrogens is 285 g/mol. The molecule has 0 aliphatic heterocycles. The molecule has 0 saturated heterocycles. The van der Waals surface area contributed by atoms with Crippen LogP contribution in [0.4, 0.5) is 0 Å². The smallest absolute Gasteiger partial charge is 0.286 e. The van der Waals surface area contributed by atoms with E-state index in [1.54, 1.807) is 30.5 Å². The Morgan fingerprint density at radius 1 is 1.28 bits per heavy atom. The molecule has 0 aliphatic rings. The van der Waals surface area contributed by atoms with Crippen LogP contribution in [0.5, 0.6) is 0 Å². The third-order valence-electron chi connectivity index (χ3n) is 2.08. The topological polar surface area (TPSA) is 67.8 Å². The number of thioether (sulfide) groups is 1. The average Bonchev–Trinajstić information content (AvgIpc) is 2.30. The number of hydrogen-bond acceptors (Lipinski definition) is 4. The Morgan fingerprint density at radius 2 is 1.89 bits per heavy atom. The minimum absolute atomic E-state index is 0. The summed E-state index contributed by atoms with van der Waals surface area (Å²) in [7, 11) is 0. The number of rotatable bonds is 2. The van der Waals surface area contributed by atoms with E-state index in [9.17, 15) is 9.59 Å². The predicted molar refractivity (Wildman–Crippen MR) is 73.0 cm³/mol. The van der Waals surface area contributed by atoms with Gasteiger partial charge in [0.2, 0.25) is 0 Å². The van der Waals surface area contributed by atoms with Crippen molar-refractivity contribution in [1.82, 2.24) is 14.5 Å². The fourth-order valence-corrected chi connectivity index (χ4v) is 1.80. The number of nitrogens with one attached hydrogen (secondary N) is 1. The van der Waals surface area contributed by atoms with Gasteiger partial charge in [-0.3, -0.25) is 4.98 Å². The summed E-state index contributed by atoms with van der Waals surface area (Å²) in [5, 5.41) is 0.831. The second-order valence-corrected chi connectivity index (χ2v) is 4.38. The van der Waals surface area contributed by atoms with Crippen molar-refractivity contribution in [2.45, 2.75) is 5.16 Å². The zero-order chi connectivity index (χ0) is 12.4. The minimum Gasteiger partial charge on any atom is -0.286 e. The van der Waals surface area contributed by atoms with Crippen LogP contribution in [-0.2, 0) is 0 Å². The Balaban J connectivity index is 0.00000162. The van der Waals surface area contributed by atoms with Crippen molar-refractivity contribution in [2.75, 3.05) is 6.26 Å². The number of halogens is 1. The van der Waals surface area contributed by atoms with Crippen molar-refractivity contribution in [3.63, 3.8) is 0 Å². The summed E-state index contributed by atoms with van der Waals surface area (Å²) in [6.07, 6.45) is 1.73. The predicted octanol–water partition coefficient (Wildman–Crippen LogP) is 0.915. The Hall–Kier alpha value is -0.530. The number of aromatic amines is 1. The zero-order valence-corrected chi connectivity index (χ0v) is 13.4. The molecule has 18 heavy (non-hydrogen) atoms. The third-order valence-corrected chi connectivity index (χ3v) is 2.92. The zero-order valence-electron chi connectivity index (χ0n) is 9.81. The van der Waals surface area contributed by atoms with E-state index in [0.29, 0.717) is 15.9 Å². The molecule has 1 heterocycles. The van der Waals surface area contributed by atoms with Gasteiger partial charge in [0, 0.05) is 34.6 Å². The normalized spacial score (nSPS) is 9.89. The molecule has 2 rings (SSSR count). The first-order valence-corrected chi connectivity index (χ1v) is 6.25. The fraction of sp³-hybridized carbons (Fsp3) is 0.100. The first kappa shape index (κ1) is 15.5. The molecule has 89 valence electrons. The summed E-state index contributed by atoms with van der Waals surface area (Å²) in [5.74, 6) is 0. The van der Waals surface area contributed by atoms with Gasteiger partial charge in [-0.1, -0.05) is 23.4 Å². The molecule has 1 aromatic carbocycles. The Labute approximate surface area is 134 Å². The van der Waals surface area contributed by atoms with Crippen LogP contribution in [0.25, 0.3) is 5.69 Å². The Bertz CT molecular complexity index is 622. The van der Waals surface area contributed by atoms with Crippen LogP contribution in [0.15, 0.2) is 39.0 Å². The number of aromatic nitrogens is 3. The van der Waals surface area contributed by atoms with Crippen LogP contribution < -0.4 is 11.4 Å². The van der Waals surface area contributed by atoms with Gasteiger partial charge in [0.25, 0.3) is 0 Å². The molecule has 2 aromatic rings. The van der Waals surface area contributed by atoms with Gasteiger partial charge in [-0.15, -0.1) is 0 Å². The van der Waals surface area contributed by atoms with Crippen molar-refractivity contribution in [3.05, 3.63) is 50.3 Å². The van der Waals surface area contributed by atoms with Gasteiger partial charge in [-0.05, 0) is 30.5 Å². The van der Waals surface area contributed by atoms with E-state index >= 15 is 0 Å². The van der Waals surface area contributed by atoms with Crippen LogP contribution in [0, 0.1) is 0 Å². The molecule has 0 bridgehead atoms. The molecule has 1 aromatic heterocycles. The Kier molecular flexibility index (Phi) is 5.68. The minimum atomic E-state index is -0.611. The van der Waals surface area contributed by atoms with Crippen LogP contribution in [0.3, 0.4) is 0 Å². The second-order valence-electron chi connectivity index (χ2n) is 3.15. The summed E-state index contributed by atoms with van der Waals surface area (Å²) < 4.78 is 0.954. The standard InChI is InChI=1S/C10H8ClN3O2S.Na/c1-17-8-12-9(15)14(10(16)13-8)7-4-2-6(11)3-5-7;/h2-5H,1H3,(H,12,13,15,16);. The molecule has 1 N–H and O–H groups in total. The molecule has 0 saturated carbocycles. The summed E-state index contributed by atoms with van der Waals surface area (Å²) >= 11 is 6.94. The molecule has 1 radical (unpaired) electrons. The summed E-state index contributed by atoms with van der Waals surface area (Å²) in [4.78, 5) is 29.7. The van der Waals surface area contributed by atoms with E-state index in [1.807, 2.05) is 0 Å². The van der Waals surface area contributed by atoms with E-state index in [-0.39, 0.29) is 29.6 Å². The summed E-state index contributed by atoms with van der Waals surface area (Å²) in [5.41, 5.74) is -0.696. The third kappa shape index (κ3) is 3.27. The van der Waals surface area contributed by atoms with Crippen molar-refractivity contribution >= 4 is 52.9 Å². The maximum Gasteiger partial charge on any atom is 0.358 e. The van der Waals surface area contributed by atoms with Gasteiger partial charge in [-0.25, -0.2) is 14.2 Å². The van der Waals surface area contributed by atoms with E-state index in [1.165, 1.54) is 11.8 Å². The van der Waals surface area contributed by atoms with Crippen molar-refractivity contribution < 1.29 is 0 Å². The number of benzene rings is 1. The van der Waals surface area contributed by atoms with Gasteiger partial charge in [-0.2, -0.15) is 4.98 Å². The van der Waals surface area contributed by atoms with Gasteiger partial charge in [0.05, 0.1) is 5.69 Å². The largest absolute Gasteiger partial charge is 0.358 e. The van der Waals surface area contributed by atoms with Crippen molar-refractivity contribution in [2.24, 2.45) is 0 Å². The Morgan fingerprint density at radius 3 is 2.39 bits per heavy atom. The number of hydrogen-bond donors (Lipinski definition) is 1. The average molecular weight is 293 g/mol. The van der Waals surface area contributed by atoms with Crippen molar-refractivity contribution in [1.29, 1.82) is 0 Å². The molecule has 0 fully saturated rings. The van der Waals surface area contributed by atoms with E-state index in [2.05, 4.69) is 9.97 Å². The van der Waals surface area contributed by atoms with Crippen LogP contribution in [0.1, 0.15) is 0 Å². The molecule has 0 atom stereocenters. The van der Waals surface area contributed by atoms with Crippen LogP contribution in [0.2, 0.25) is 5.02 Å². The summed E-state index contributed by atoms with van der Waals surface area (Å²) in [6, 6.07) is 6.37. The van der Waals surface area contributed by atoms with Gasteiger partial charge in [0.15, 0.2) is 5.16 Å². The van der Waals surface area contributed by atoms with Gasteiger partial charge >= 0.3 is 11.4 Å². The SMILES string of the molecule is CSc1nc(=O)n(-c2ccc(Cl)cc2)c(=O)[nH]1.[Na]. The van der Waals surface area contributed by atoms with Crippen LogP contribution >= 0.6 is 23.4 Å². The van der Waals surface area contributed by atoms with Gasteiger partial charge < -0.3 is 0 Å².